The van der Waals surface area contributed by atoms with Crippen LogP contribution in [-0.2, 0) is 81.6 Å². The van der Waals surface area contributed by atoms with Crippen LogP contribution in [0.1, 0.15) is 67.0 Å². The first-order chi connectivity index (χ1) is 45.6. The number of carboxylic acid groups (broad SMARTS) is 2. The second kappa shape index (κ2) is 37.9. The van der Waals surface area contributed by atoms with Crippen LogP contribution < -0.4 is 9.80 Å². The molecule has 0 spiro atoms. The van der Waals surface area contributed by atoms with Gasteiger partial charge in [0.2, 0.25) is 0 Å². The van der Waals surface area contributed by atoms with E-state index < -0.39 is 59.5 Å². The molecule has 10 amide bonds. The van der Waals surface area contributed by atoms with E-state index in [4.69, 9.17) is 5.11 Å². The molecule has 5 heterocycles. The number of phenolic OH excluding ortho intramolecular Hbond substituents is 1. The maximum atomic E-state index is 12.5. The number of nitrogens with zero attached hydrogens (tertiary/aromatic N) is 5. The van der Waals surface area contributed by atoms with Gasteiger partial charge in [0.05, 0.1) is 11.4 Å². The number of anilines is 2. The molecule has 0 fully saturated rings. The standard InChI is InChI=1S/C16H12Br2I3NO3.C14H9Br2I2NO4.C13H11Br2NO3.C11H7Br2NO2.C8H7Br2NO4/c1-3-7(6(2)23)4-8-9(19)5-10(20)14(13(8)21)22-15(24)11(17)12(18)16(22)25;1-5-7(17)2-6(3-8(5)18)4-9(14(22)23)19-12(20)10(15)11(16)13(19)21;1-7-2-3-8(6-9(7)17)4-5-16-12(18)10(14)11(15)13(16)19;1-6-2-4-7(5-3-6)14-10(15)8(12)9(13)11(14)16;1-2-3(8(14)15)11-6(12)4(9)5(10)7(11)13/h5,7H,3-4H2,1-2H3;2-3,9H,4H2,1H3,(H,22,23);2-3,6,17H,4-5H2,1H3;2-5H,1H3;3H,2H2,1H3,(H,14,15). The highest BCUT2D eigenvalue weighted by Crippen LogP contribution is 2.42. The minimum atomic E-state index is -1.26. The van der Waals surface area contributed by atoms with E-state index in [1.54, 1.807) is 32.0 Å². The molecule has 3 unspecified atom stereocenters. The van der Waals surface area contributed by atoms with E-state index in [-0.39, 0.29) is 105 Å². The molecule has 21 nitrogen and oxygen atoms in total. The van der Waals surface area contributed by atoms with Crippen LogP contribution in [0, 0.1) is 44.5 Å². The minimum absolute atomic E-state index is 0.0433. The lowest BCUT2D eigenvalue weighted by atomic mass is 9.93. The summed E-state index contributed by atoms with van der Waals surface area (Å²) in [6, 6.07) is 15.9. The van der Waals surface area contributed by atoms with Crippen molar-refractivity contribution >= 4 is 360 Å². The fourth-order valence-electron chi connectivity index (χ4n) is 9.03. The average Bonchev–Trinajstić information content (AvgIpc) is 1.56. The van der Waals surface area contributed by atoms with Crippen molar-refractivity contribution in [3.8, 4) is 5.75 Å². The lowest BCUT2D eigenvalue weighted by molar-refractivity contribution is -0.153. The number of Topliss-reactive ketones (excluding diaryl/α,β-unsaturated/α-hetero) is 1. The molecular weight excluding hydrogens is 2500 g/mol. The summed E-state index contributed by atoms with van der Waals surface area (Å²) in [7, 11) is 0. The van der Waals surface area contributed by atoms with Crippen LogP contribution in [0.2, 0.25) is 0 Å². The van der Waals surface area contributed by atoms with Gasteiger partial charge in [-0.05, 0) is 390 Å². The van der Waals surface area contributed by atoms with Gasteiger partial charge in [-0.2, -0.15) is 0 Å². The van der Waals surface area contributed by atoms with Gasteiger partial charge >= 0.3 is 11.9 Å². The molecule has 520 valence electrons. The van der Waals surface area contributed by atoms with E-state index in [1.807, 2.05) is 70.2 Å². The number of aryl methyl sites for hydroxylation is 2. The molecule has 36 heteroatoms. The number of aliphatic carboxylic acids is 2. The molecule has 0 bridgehead atoms. The zero-order valence-corrected chi connectivity index (χ0v) is 77.5. The molecule has 0 saturated heterocycles. The Bertz CT molecular complexity index is 4150. The molecule has 98 heavy (non-hydrogen) atoms. The Hall–Kier alpha value is -1.86. The Morgan fingerprint density at radius 2 is 0.857 bits per heavy atom. The van der Waals surface area contributed by atoms with E-state index in [1.165, 1.54) is 9.80 Å². The van der Waals surface area contributed by atoms with Crippen molar-refractivity contribution in [2.75, 3.05) is 16.3 Å². The second-order valence-corrected chi connectivity index (χ2v) is 34.5. The third-order valence-corrected chi connectivity index (χ3v) is 29.7. The molecule has 4 aromatic carbocycles. The van der Waals surface area contributed by atoms with Crippen molar-refractivity contribution in [2.24, 2.45) is 5.92 Å². The van der Waals surface area contributed by atoms with Gasteiger partial charge in [0.15, 0.2) is 0 Å². The number of hydrogen-bond acceptors (Lipinski definition) is 14. The fourth-order valence-corrected chi connectivity index (χ4v) is 18.8. The van der Waals surface area contributed by atoms with Gasteiger partial charge in [-0.1, -0.05) is 43.7 Å². The Morgan fingerprint density at radius 1 is 0.459 bits per heavy atom. The predicted octanol–water partition coefficient (Wildman–Crippen LogP) is 15.8. The number of carbonyl (C=O) groups excluding carboxylic acids is 11. The summed E-state index contributed by atoms with van der Waals surface area (Å²) in [5.74, 6) is -6.82. The number of ketones is 1. The van der Waals surface area contributed by atoms with Gasteiger partial charge in [0, 0.05) is 36.7 Å². The summed E-state index contributed by atoms with van der Waals surface area (Å²) < 4.78 is 6.38. The van der Waals surface area contributed by atoms with E-state index in [0.717, 1.165) is 72.4 Å². The molecule has 0 saturated carbocycles. The van der Waals surface area contributed by atoms with Crippen molar-refractivity contribution in [3.05, 3.63) is 157 Å². The van der Waals surface area contributed by atoms with Crippen LogP contribution in [0.4, 0.5) is 11.4 Å². The number of benzene rings is 4. The highest BCUT2D eigenvalue weighted by atomic mass is 127. The summed E-state index contributed by atoms with van der Waals surface area (Å²) in [4.78, 5) is 159. The van der Waals surface area contributed by atoms with Gasteiger partial charge in [-0.3, -0.25) is 67.4 Å². The number of aromatic hydroxyl groups is 1. The highest BCUT2D eigenvalue weighted by molar-refractivity contribution is 14.1. The maximum Gasteiger partial charge on any atom is 0.327 e. The van der Waals surface area contributed by atoms with E-state index in [2.05, 4.69) is 272 Å². The van der Waals surface area contributed by atoms with E-state index in [9.17, 15) is 72.5 Å². The van der Waals surface area contributed by atoms with E-state index in [0.29, 0.717) is 24.2 Å². The van der Waals surface area contributed by atoms with Gasteiger partial charge in [0.25, 0.3) is 59.1 Å². The van der Waals surface area contributed by atoms with Crippen LogP contribution in [0.15, 0.2) is 105 Å². The van der Waals surface area contributed by atoms with Crippen LogP contribution in [0.25, 0.3) is 0 Å². The molecular formula is C62H46Br10I5N5O16. The third kappa shape index (κ3) is 20.0. The van der Waals surface area contributed by atoms with Crippen molar-refractivity contribution in [3.63, 3.8) is 0 Å². The first kappa shape index (κ1) is 86.8. The topological polar surface area (TPSA) is 299 Å². The zero-order valence-electron chi connectivity index (χ0n) is 50.8. The molecule has 5 aliphatic heterocycles. The largest absolute Gasteiger partial charge is 0.508 e. The Kier molecular flexibility index (Phi) is 33.6. The molecule has 5 aliphatic rings. The van der Waals surface area contributed by atoms with Crippen molar-refractivity contribution in [1.82, 2.24) is 14.7 Å². The van der Waals surface area contributed by atoms with Crippen molar-refractivity contribution in [1.29, 1.82) is 0 Å². The normalized spacial score (nSPS) is 16.5. The Labute approximate surface area is 712 Å². The minimum Gasteiger partial charge on any atom is -0.508 e. The van der Waals surface area contributed by atoms with Crippen LogP contribution >= 0.6 is 272 Å². The third-order valence-electron chi connectivity index (χ3n) is 14.5. The second-order valence-electron chi connectivity index (χ2n) is 20.9. The van der Waals surface area contributed by atoms with Gasteiger partial charge in [-0.15, -0.1) is 0 Å². The fraction of sp³-hybridized carbons (Fsp3) is 0.242. The number of carbonyl (C=O) groups is 13. The summed E-state index contributed by atoms with van der Waals surface area (Å²) in [6.45, 7) is 11.2. The first-order valence-corrected chi connectivity index (χ1v) is 41.0. The Balaban J connectivity index is 0.000000224. The quantitative estimate of drug-likeness (QED) is 0.0693. The summed E-state index contributed by atoms with van der Waals surface area (Å²) in [5, 5.41) is 28.0. The zero-order chi connectivity index (χ0) is 74.3. The smallest absolute Gasteiger partial charge is 0.327 e. The number of imide groups is 5. The molecule has 0 radical (unpaired) electrons. The average molecular weight is 2550 g/mol. The SMILES string of the molecule is CCC(C(=O)O)N1C(=O)C(Br)=C(Br)C1=O.CCC(Cc1c(I)cc(I)c(N2C(=O)C(Br)=C(Br)C2=O)c1I)C(C)=O.Cc1c(I)cc(CC(C(=O)O)N2C(=O)C(Br)=C(Br)C2=O)cc1I.Cc1ccc(CCN2C(=O)C(Br)=C(Br)C2=O)cc1O.Cc1ccc(N2C(=O)C(Br)=C(Br)C2=O)cc1. The van der Waals surface area contributed by atoms with Crippen LogP contribution in [0.5, 0.6) is 5.75 Å². The number of carboxylic acids is 2. The predicted molar refractivity (Wildman–Crippen MR) is 444 cm³/mol. The van der Waals surface area contributed by atoms with Gasteiger partial charge < -0.3 is 15.3 Å². The number of rotatable bonds is 16. The molecule has 9 rings (SSSR count). The molecule has 3 atom stereocenters. The molecule has 0 aliphatic carbocycles. The lowest BCUT2D eigenvalue weighted by Gasteiger charge is -2.23. The summed E-state index contributed by atoms with van der Waals surface area (Å²) >= 11 is 41.4. The molecule has 3 N–H and O–H groups in total. The summed E-state index contributed by atoms with van der Waals surface area (Å²) in [5.41, 5.74) is 6.78. The highest BCUT2D eigenvalue weighted by Gasteiger charge is 2.45. The van der Waals surface area contributed by atoms with Crippen LogP contribution in [0.3, 0.4) is 0 Å². The number of hydrogen-bond donors (Lipinski definition) is 3. The van der Waals surface area contributed by atoms with Gasteiger partial charge in [-0.25, -0.2) is 19.4 Å². The molecule has 4 aromatic rings. The first-order valence-electron chi connectivity index (χ1n) is 27.7. The lowest BCUT2D eigenvalue weighted by Crippen LogP contribution is -2.46. The van der Waals surface area contributed by atoms with Crippen molar-refractivity contribution < 1.29 is 77.6 Å². The monoisotopic (exact) mass is 2540 g/mol. The van der Waals surface area contributed by atoms with E-state index >= 15 is 0 Å². The number of amides is 10. The van der Waals surface area contributed by atoms with Crippen LogP contribution in [-0.4, -0.2) is 125 Å². The number of phenols is 1. The Morgan fingerprint density at radius 3 is 1.24 bits per heavy atom. The maximum absolute atomic E-state index is 12.5. The molecule has 0 aromatic heterocycles. The number of halogens is 15. The van der Waals surface area contributed by atoms with Gasteiger partial charge in [0.1, 0.15) is 68.4 Å². The summed E-state index contributed by atoms with van der Waals surface area (Å²) in [6.07, 6.45) is 2.08. The van der Waals surface area contributed by atoms with Crippen molar-refractivity contribution in [2.45, 2.75) is 85.7 Å².